The molecule has 8 heteroatoms. The Morgan fingerprint density at radius 2 is 2.47 bits per heavy atom. The maximum atomic E-state index is 9.71. The van der Waals surface area contributed by atoms with E-state index in [9.17, 15) is 5.02 Å². The van der Waals surface area contributed by atoms with E-state index in [0.29, 0.717) is 33.7 Å². The van der Waals surface area contributed by atoms with Crippen LogP contribution in [-0.4, -0.2) is 35.9 Å². The van der Waals surface area contributed by atoms with Crippen LogP contribution in [0, 0.1) is 0 Å². The van der Waals surface area contributed by atoms with Crippen LogP contribution in [0.3, 0.4) is 0 Å². The Hall–Kier alpha value is -0.305. The summed E-state index contributed by atoms with van der Waals surface area (Å²) in [5.41, 5.74) is 2.21. The smallest absolute Gasteiger partial charge is 0.423 e. The highest BCUT2D eigenvalue weighted by Crippen LogP contribution is 2.26. The van der Waals surface area contributed by atoms with Gasteiger partial charge in [0.15, 0.2) is 0 Å². The molecule has 0 fully saturated rings. The molecule has 0 bridgehead atoms. The molecule has 2 rings (SSSR count). The molecule has 0 saturated carbocycles. The van der Waals surface area contributed by atoms with E-state index in [0.717, 1.165) is 11.3 Å². The van der Waals surface area contributed by atoms with Crippen LogP contribution in [0.25, 0.3) is 0 Å². The van der Waals surface area contributed by atoms with Crippen LogP contribution >= 0.6 is 35.6 Å². The first kappa shape index (κ1) is 15.1. The van der Waals surface area contributed by atoms with Gasteiger partial charge >= 0.3 is 7.12 Å². The average molecular weight is 318 g/mol. The van der Waals surface area contributed by atoms with Gasteiger partial charge in [0, 0.05) is 18.3 Å². The first-order valence-electron chi connectivity index (χ1n) is 5.67. The third kappa shape index (κ3) is 3.62. The molecule has 1 heterocycles. The van der Waals surface area contributed by atoms with Gasteiger partial charge in [-0.05, 0) is 11.6 Å². The fraction of sp³-hybridized carbons (Fsp3) is 0.364. The molecule has 0 unspecified atom stereocenters. The quantitative estimate of drug-likeness (QED) is 0.500. The van der Waals surface area contributed by atoms with Crippen LogP contribution < -0.4 is 10.8 Å². The fourth-order valence-corrected chi connectivity index (χ4v) is 3.04. The molecular weight excluding hydrogens is 305 g/mol. The van der Waals surface area contributed by atoms with Crippen molar-refractivity contribution < 1.29 is 14.4 Å². The molecule has 2 N–H and O–H groups in total. The lowest BCUT2D eigenvalue weighted by atomic mass is 9.79. The lowest BCUT2D eigenvalue weighted by Crippen LogP contribution is -2.29. The lowest BCUT2D eigenvalue weighted by molar-refractivity contribution is 0.219. The molecule has 0 saturated heterocycles. The van der Waals surface area contributed by atoms with Gasteiger partial charge < -0.3 is 19.7 Å². The zero-order chi connectivity index (χ0) is 13.8. The number of anilines is 1. The zero-order valence-corrected chi connectivity index (χ0v) is 12.7. The molecule has 0 aromatic heterocycles. The number of fused-ring (bicyclic) bond motifs is 1. The van der Waals surface area contributed by atoms with Crippen LogP contribution in [0.15, 0.2) is 12.1 Å². The number of benzene rings is 1. The Morgan fingerprint density at radius 1 is 1.68 bits per heavy atom. The normalized spacial score (nSPS) is 13.5. The van der Waals surface area contributed by atoms with Crippen molar-refractivity contribution in [3.05, 3.63) is 22.7 Å². The van der Waals surface area contributed by atoms with Crippen molar-refractivity contribution in [2.75, 3.05) is 24.8 Å². The average Bonchev–Trinajstić information content (AvgIpc) is 2.76. The van der Waals surface area contributed by atoms with Gasteiger partial charge in [-0.15, -0.1) is 0 Å². The van der Waals surface area contributed by atoms with Crippen molar-refractivity contribution in [1.82, 2.24) is 0 Å². The summed E-state index contributed by atoms with van der Waals surface area (Å²) in [4.78, 5) is 0. The number of hydrogen-bond acceptors (Lipinski definition) is 5. The number of thioether (sulfide) groups is 1. The molecule has 1 aliphatic heterocycles. The number of nitrogens with one attached hydrogen (secondary N) is 1. The maximum absolute atomic E-state index is 9.71. The Labute approximate surface area is 126 Å². The molecular formula is C11H13BClNO3S2. The molecule has 0 radical (unpaired) electrons. The standard InChI is InChI=1S/C11H13BClNO3S2/c1-16-4-5-19-11(18)14-8-3-2-7-6-17-12(15)9(7)10(8)13/h2-3,15H,4-6H2,1H3,(H,14,18). The van der Waals surface area contributed by atoms with Gasteiger partial charge in [0.25, 0.3) is 0 Å². The topological polar surface area (TPSA) is 50.7 Å². The lowest BCUT2D eigenvalue weighted by Gasteiger charge is -2.11. The molecule has 1 aliphatic rings. The van der Waals surface area contributed by atoms with Gasteiger partial charge in [-0.25, -0.2) is 0 Å². The van der Waals surface area contributed by atoms with Crippen molar-refractivity contribution in [1.29, 1.82) is 0 Å². The third-order valence-electron chi connectivity index (χ3n) is 2.67. The van der Waals surface area contributed by atoms with Gasteiger partial charge in [-0.2, -0.15) is 0 Å². The largest absolute Gasteiger partial charge is 0.493 e. The highest BCUT2D eigenvalue weighted by Gasteiger charge is 2.31. The molecule has 1 aromatic carbocycles. The van der Waals surface area contributed by atoms with Gasteiger partial charge in [0.2, 0.25) is 0 Å². The highest BCUT2D eigenvalue weighted by atomic mass is 35.5. The van der Waals surface area contributed by atoms with Crippen molar-refractivity contribution >= 4 is 58.2 Å². The molecule has 0 atom stereocenters. The number of methoxy groups -OCH3 is 1. The summed E-state index contributed by atoms with van der Waals surface area (Å²) < 4.78 is 10.7. The summed E-state index contributed by atoms with van der Waals surface area (Å²) in [6, 6.07) is 3.72. The summed E-state index contributed by atoms with van der Waals surface area (Å²) in [7, 11) is 0.689. The van der Waals surface area contributed by atoms with Crippen LogP contribution in [0.4, 0.5) is 5.69 Å². The van der Waals surface area contributed by atoms with E-state index in [1.54, 1.807) is 7.11 Å². The number of ether oxygens (including phenoxy) is 1. The second-order valence-corrected chi connectivity index (χ2v) is 6.07. The fourth-order valence-electron chi connectivity index (χ4n) is 1.74. The van der Waals surface area contributed by atoms with Crippen molar-refractivity contribution in [2.45, 2.75) is 6.61 Å². The van der Waals surface area contributed by atoms with E-state index in [-0.39, 0.29) is 0 Å². The Balaban J connectivity index is 2.06. The van der Waals surface area contributed by atoms with E-state index in [1.807, 2.05) is 12.1 Å². The predicted octanol–water partition coefficient (Wildman–Crippen LogP) is 1.63. The van der Waals surface area contributed by atoms with Gasteiger partial charge in [-0.1, -0.05) is 41.6 Å². The Bertz CT molecular complexity index is 489. The van der Waals surface area contributed by atoms with Crippen molar-refractivity contribution in [2.24, 2.45) is 0 Å². The van der Waals surface area contributed by atoms with Gasteiger partial charge in [0.1, 0.15) is 4.32 Å². The molecule has 102 valence electrons. The predicted molar refractivity (Wildman–Crippen MR) is 84.4 cm³/mol. The summed E-state index contributed by atoms with van der Waals surface area (Å²) >= 11 is 13.0. The molecule has 4 nitrogen and oxygen atoms in total. The minimum atomic E-state index is -0.959. The molecule has 0 aliphatic carbocycles. The molecule has 0 spiro atoms. The van der Waals surface area contributed by atoms with E-state index in [2.05, 4.69) is 5.32 Å². The molecule has 1 aromatic rings. The molecule has 0 amide bonds. The summed E-state index contributed by atoms with van der Waals surface area (Å²) in [5, 5.41) is 13.2. The maximum Gasteiger partial charge on any atom is 0.493 e. The van der Waals surface area contributed by atoms with Gasteiger partial charge in [0.05, 0.1) is 23.9 Å². The third-order valence-corrected chi connectivity index (χ3v) is 4.27. The van der Waals surface area contributed by atoms with E-state index in [4.69, 9.17) is 33.2 Å². The van der Waals surface area contributed by atoms with Crippen LogP contribution in [0.1, 0.15) is 5.56 Å². The second kappa shape index (κ2) is 6.92. The van der Waals surface area contributed by atoms with E-state index >= 15 is 0 Å². The number of rotatable bonds is 4. The first-order chi connectivity index (χ1) is 9.13. The minimum absolute atomic E-state index is 0.379. The first-order valence-corrected chi connectivity index (χ1v) is 7.44. The van der Waals surface area contributed by atoms with Crippen molar-refractivity contribution in [3.63, 3.8) is 0 Å². The summed E-state index contributed by atoms with van der Waals surface area (Å²) in [6.45, 7) is 1.01. The monoisotopic (exact) mass is 317 g/mol. The van der Waals surface area contributed by atoms with Crippen LogP contribution in [-0.2, 0) is 16.0 Å². The summed E-state index contributed by atoms with van der Waals surface area (Å²) in [6.07, 6.45) is 0. The highest BCUT2D eigenvalue weighted by molar-refractivity contribution is 8.23. The molecule has 19 heavy (non-hydrogen) atoms. The SMILES string of the molecule is COCCSC(=S)Nc1ccc2c(c1Cl)B(O)OC2. The Kier molecular flexibility index (Phi) is 5.50. The Morgan fingerprint density at radius 3 is 3.21 bits per heavy atom. The second-order valence-electron chi connectivity index (χ2n) is 3.92. The van der Waals surface area contributed by atoms with Crippen LogP contribution in [0.5, 0.6) is 0 Å². The zero-order valence-electron chi connectivity index (χ0n) is 10.3. The number of halogens is 1. The summed E-state index contributed by atoms with van der Waals surface area (Å²) in [5.74, 6) is 0.774. The minimum Gasteiger partial charge on any atom is -0.423 e. The van der Waals surface area contributed by atoms with Gasteiger partial charge in [-0.3, -0.25) is 0 Å². The number of thiocarbonyl (C=S) groups is 1. The van der Waals surface area contributed by atoms with Crippen LogP contribution in [0.2, 0.25) is 5.02 Å². The van der Waals surface area contributed by atoms with E-state index in [1.165, 1.54) is 11.8 Å². The van der Waals surface area contributed by atoms with Crippen molar-refractivity contribution in [3.8, 4) is 0 Å². The number of hydrogen-bond donors (Lipinski definition) is 2. The van der Waals surface area contributed by atoms with E-state index < -0.39 is 7.12 Å².